The first-order valence-corrected chi connectivity index (χ1v) is 7.20. The molecule has 5 heteroatoms. The van der Waals surface area contributed by atoms with Gasteiger partial charge in [0.15, 0.2) is 5.96 Å². The van der Waals surface area contributed by atoms with Crippen molar-refractivity contribution in [1.82, 2.24) is 10.6 Å². The number of nitrogens with one attached hydrogen (secondary N) is 2. The summed E-state index contributed by atoms with van der Waals surface area (Å²) in [6.45, 7) is 3.30. The number of benzene rings is 1. The lowest BCUT2D eigenvalue weighted by Crippen LogP contribution is -2.42. The van der Waals surface area contributed by atoms with Crippen molar-refractivity contribution >= 4 is 17.6 Å². The summed E-state index contributed by atoms with van der Waals surface area (Å²) < 4.78 is 13.1. The third kappa shape index (κ3) is 4.23. The van der Waals surface area contributed by atoms with Gasteiger partial charge in [-0.05, 0) is 37.5 Å². The molecule has 0 unspecified atom stereocenters. The second-order valence-corrected chi connectivity index (χ2v) is 5.13. The molecule has 0 spiro atoms. The fraction of sp³-hybridized carbons (Fsp3) is 0.400. The molecule has 1 aliphatic rings. The van der Waals surface area contributed by atoms with Gasteiger partial charge in [0, 0.05) is 12.6 Å². The highest BCUT2D eigenvalue weighted by Gasteiger charge is 2.11. The molecular weight excluding hydrogens is 277 g/mol. The Hall–Kier alpha value is -1.55. The number of nitrogens with zero attached hydrogens (tertiary/aromatic N) is 1. The molecule has 0 saturated carbocycles. The van der Waals surface area contributed by atoms with E-state index < -0.39 is 5.82 Å². The van der Waals surface area contributed by atoms with Gasteiger partial charge in [0.1, 0.15) is 5.82 Å². The van der Waals surface area contributed by atoms with Gasteiger partial charge < -0.3 is 10.6 Å². The average Bonchev–Trinajstić information content (AvgIpc) is 2.93. The first-order chi connectivity index (χ1) is 9.69. The van der Waals surface area contributed by atoms with Gasteiger partial charge in [0.25, 0.3) is 0 Å². The molecule has 108 valence electrons. The van der Waals surface area contributed by atoms with E-state index in [1.54, 1.807) is 12.1 Å². The summed E-state index contributed by atoms with van der Waals surface area (Å²) in [4.78, 5) is 4.50. The Kier molecular flexibility index (Phi) is 5.41. The second-order valence-electron chi connectivity index (χ2n) is 4.73. The van der Waals surface area contributed by atoms with E-state index in [0.29, 0.717) is 12.6 Å². The molecule has 20 heavy (non-hydrogen) atoms. The third-order valence-corrected chi connectivity index (χ3v) is 3.39. The van der Waals surface area contributed by atoms with E-state index >= 15 is 0 Å². The molecule has 0 amide bonds. The van der Waals surface area contributed by atoms with E-state index in [2.05, 4.69) is 27.8 Å². The Bertz CT molecular complexity index is 506. The van der Waals surface area contributed by atoms with Crippen LogP contribution in [-0.4, -0.2) is 18.5 Å². The molecule has 0 aromatic heterocycles. The average molecular weight is 296 g/mol. The van der Waals surface area contributed by atoms with Crippen LogP contribution in [-0.2, 0) is 6.54 Å². The fourth-order valence-corrected chi connectivity index (χ4v) is 2.26. The van der Waals surface area contributed by atoms with Gasteiger partial charge in [-0.25, -0.2) is 9.38 Å². The molecule has 1 aromatic rings. The van der Waals surface area contributed by atoms with Gasteiger partial charge >= 0.3 is 0 Å². The van der Waals surface area contributed by atoms with Crippen LogP contribution in [0.2, 0.25) is 5.02 Å². The van der Waals surface area contributed by atoms with Crippen molar-refractivity contribution in [3.8, 4) is 0 Å². The fourth-order valence-electron chi connectivity index (χ4n) is 2.06. The molecule has 3 nitrogen and oxygen atoms in total. The summed E-state index contributed by atoms with van der Waals surface area (Å²) in [7, 11) is 0. The smallest absolute Gasteiger partial charge is 0.191 e. The maximum atomic E-state index is 13.1. The van der Waals surface area contributed by atoms with Crippen molar-refractivity contribution in [3.63, 3.8) is 0 Å². The van der Waals surface area contributed by atoms with Gasteiger partial charge in [0.2, 0.25) is 0 Å². The van der Waals surface area contributed by atoms with Crippen LogP contribution in [0.15, 0.2) is 35.3 Å². The van der Waals surface area contributed by atoms with E-state index in [9.17, 15) is 4.39 Å². The highest BCUT2D eigenvalue weighted by molar-refractivity contribution is 6.30. The summed E-state index contributed by atoms with van der Waals surface area (Å²) in [6.07, 6.45) is 6.38. The standard InChI is InChI=1S/C15H19ClFN3/c1-2-18-15(20-12-5-3-4-6-12)19-10-11-7-8-14(17)13(16)9-11/h3-4,7-9,12H,2,5-6,10H2,1H3,(H2,18,19,20). The molecule has 2 rings (SSSR count). The Balaban J connectivity index is 1.98. The Morgan fingerprint density at radius 3 is 2.80 bits per heavy atom. The van der Waals surface area contributed by atoms with E-state index in [1.807, 2.05) is 6.92 Å². The Morgan fingerprint density at radius 1 is 1.40 bits per heavy atom. The van der Waals surface area contributed by atoms with Crippen molar-refractivity contribution in [1.29, 1.82) is 0 Å². The summed E-state index contributed by atoms with van der Waals surface area (Å²) in [5, 5.41) is 6.73. The van der Waals surface area contributed by atoms with Gasteiger partial charge in [-0.2, -0.15) is 0 Å². The minimum Gasteiger partial charge on any atom is -0.357 e. The Labute approximate surface area is 123 Å². The van der Waals surface area contributed by atoms with Crippen LogP contribution in [0.1, 0.15) is 25.3 Å². The van der Waals surface area contributed by atoms with Crippen LogP contribution < -0.4 is 10.6 Å². The third-order valence-electron chi connectivity index (χ3n) is 3.10. The summed E-state index contributed by atoms with van der Waals surface area (Å²) in [5.74, 6) is 0.378. The van der Waals surface area contributed by atoms with Crippen LogP contribution in [0.3, 0.4) is 0 Å². The second kappa shape index (κ2) is 7.29. The van der Waals surface area contributed by atoms with Crippen molar-refractivity contribution in [2.45, 2.75) is 32.4 Å². The zero-order valence-electron chi connectivity index (χ0n) is 11.5. The predicted molar refractivity (Wildman–Crippen MR) is 81.5 cm³/mol. The number of hydrogen-bond donors (Lipinski definition) is 2. The first-order valence-electron chi connectivity index (χ1n) is 6.83. The molecule has 1 aliphatic carbocycles. The van der Waals surface area contributed by atoms with Crippen molar-refractivity contribution < 1.29 is 4.39 Å². The minimum atomic E-state index is -0.401. The van der Waals surface area contributed by atoms with Crippen LogP contribution >= 0.6 is 11.6 Å². The zero-order valence-corrected chi connectivity index (χ0v) is 12.3. The largest absolute Gasteiger partial charge is 0.357 e. The van der Waals surface area contributed by atoms with Crippen LogP contribution in [0.5, 0.6) is 0 Å². The first kappa shape index (κ1) is 14.9. The molecule has 0 aliphatic heterocycles. The predicted octanol–water partition coefficient (Wildman–Crippen LogP) is 3.25. The van der Waals surface area contributed by atoms with Gasteiger partial charge in [-0.1, -0.05) is 29.8 Å². The molecule has 0 heterocycles. The van der Waals surface area contributed by atoms with Gasteiger partial charge in [0.05, 0.1) is 11.6 Å². The topological polar surface area (TPSA) is 36.4 Å². The molecule has 0 radical (unpaired) electrons. The van der Waals surface area contributed by atoms with E-state index in [-0.39, 0.29) is 5.02 Å². The number of rotatable bonds is 4. The van der Waals surface area contributed by atoms with E-state index in [0.717, 1.165) is 30.9 Å². The van der Waals surface area contributed by atoms with Crippen molar-refractivity contribution in [3.05, 3.63) is 46.8 Å². The van der Waals surface area contributed by atoms with Gasteiger partial charge in [-0.3, -0.25) is 0 Å². The molecule has 0 fully saturated rings. The summed E-state index contributed by atoms with van der Waals surface area (Å²) in [6, 6.07) is 5.09. The lowest BCUT2D eigenvalue weighted by atomic mass is 10.2. The molecule has 0 saturated heterocycles. The Morgan fingerprint density at radius 2 is 2.15 bits per heavy atom. The number of halogens is 2. The number of aliphatic imine (C=N–C) groups is 1. The summed E-state index contributed by atoms with van der Waals surface area (Å²) in [5.41, 5.74) is 0.887. The van der Waals surface area contributed by atoms with Crippen LogP contribution in [0.4, 0.5) is 4.39 Å². The molecule has 1 aromatic carbocycles. The van der Waals surface area contributed by atoms with Crippen LogP contribution in [0.25, 0.3) is 0 Å². The van der Waals surface area contributed by atoms with Crippen LogP contribution in [0, 0.1) is 5.82 Å². The lowest BCUT2D eigenvalue weighted by Gasteiger charge is -2.16. The zero-order chi connectivity index (χ0) is 14.4. The van der Waals surface area contributed by atoms with E-state index in [1.165, 1.54) is 6.07 Å². The number of guanidine groups is 1. The van der Waals surface area contributed by atoms with E-state index in [4.69, 9.17) is 11.6 Å². The highest BCUT2D eigenvalue weighted by atomic mass is 35.5. The van der Waals surface area contributed by atoms with Crippen molar-refractivity contribution in [2.24, 2.45) is 4.99 Å². The quantitative estimate of drug-likeness (QED) is 0.508. The normalized spacial score (nSPS) is 15.7. The van der Waals surface area contributed by atoms with Gasteiger partial charge in [-0.15, -0.1) is 0 Å². The molecule has 2 N–H and O–H groups in total. The maximum Gasteiger partial charge on any atom is 0.191 e. The molecular formula is C15H19ClFN3. The lowest BCUT2D eigenvalue weighted by molar-refractivity contribution is 0.627. The maximum absolute atomic E-state index is 13.1. The highest BCUT2D eigenvalue weighted by Crippen LogP contribution is 2.16. The monoisotopic (exact) mass is 295 g/mol. The van der Waals surface area contributed by atoms with Crippen molar-refractivity contribution in [2.75, 3.05) is 6.54 Å². The molecule has 0 atom stereocenters. The SMILES string of the molecule is CCNC(=NCc1ccc(F)c(Cl)c1)NC1CC=CC1. The molecule has 0 bridgehead atoms. The summed E-state index contributed by atoms with van der Waals surface area (Å²) >= 11 is 5.76. The minimum absolute atomic E-state index is 0.135. The number of hydrogen-bond acceptors (Lipinski definition) is 1.